The first-order valence-corrected chi connectivity index (χ1v) is 11.0. The molecule has 1 aliphatic carbocycles. The predicted molar refractivity (Wildman–Crippen MR) is 120 cm³/mol. The van der Waals surface area contributed by atoms with E-state index in [0.717, 1.165) is 24.1 Å². The smallest absolute Gasteiger partial charge is 0.183 e. The Hall–Kier alpha value is -1.81. The van der Waals surface area contributed by atoms with Crippen LogP contribution in [0.5, 0.6) is 0 Å². The van der Waals surface area contributed by atoms with Crippen LogP contribution in [0, 0.1) is 5.92 Å². The van der Waals surface area contributed by atoms with Crippen molar-refractivity contribution in [1.29, 1.82) is 0 Å². The van der Waals surface area contributed by atoms with Crippen molar-refractivity contribution in [3.05, 3.63) is 69.3 Å². The van der Waals surface area contributed by atoms with Crippen LogP contribution < -0.4 is 0 Å². The number of benzene rings is 2. The van der Waals surface area contributed by atoms with Gasteiger partial charge in [0.2, 0.25) is 0 Å². The molecule has 0 saturated heterocycles. The lowest BCUT2D eigenvalue weighted by Crippen LogP contribution is -2.13. The summed E-state index contributed by atoms with van der Waals surface area (Å²) in [6.07, 6.45) is 6.49. The third-order valence-corrected chi connectivity index (χ3v) is 6.26. The van der Waals surface area contributed by atoms with E-state index in [2.05, 4.69) is 5.10 Å². The monoisotopic (exact) mass is 446 g/mol. The number of hydrogen-bond donors (Lipinski definition) is 0. The number of rotatable bonds is 5. The van der Waals surface area contributed by atoms with Gasteiger partial charge in [-0.05, 0) is 42.3 Å². The zero-order valence-electron chi connectivity index (χ0n) is 15.9. The molecule has 1 heterocycles. The highest BCUT2D eigenvalue weighted by atomic mass is 35.5. The SMILES string of the molecule is O=C(CC1CCCCC1)c1cc(-c2ccc(Cl)cc2)n(-c2ccc(Cl)cc2Cl)n1. The second kappa shape index (κ2) is 8.91. The van der Waals surface area contributed by atoms with Gasteiger partial charge in [-0.3, -0.25) is 4.79 Å². The zero-order valence-corrected chi connectivity index (χ0v) is 18.1. The van der Waals surface area contributed by atoms with Crippen LogP contribution in [0.4, 0.5) is 0 Å². The lowest BCUT2D eigenvalue weighted by molar-refractivity contribution is 0.0945. The Kier molecular flexibility index (Phi) is 6.29. The van der Waals surface area contributed by atoms with Gasteiger partial charge in [0.25, 0.3) is 0 Å². The van der Waals surface area contributed by atoms with Crippen molar-refractivity contribution in [1.82, 2.24) is 9.78 Å². The number of carbonyl (C=O) groups is 1. The lowest BCUT2D eigenvalue weighted by atomic mass is 9.85. The molecule has 1 saturated carbocycles. The van der Waals surface area contributed by atoms with Crippen molar-refractivity contribution in [2.45, 2.75) is 38.5 Å². The van der Waals surface area contributed by atoms with E-state index >= 15 is 0 Å². The Morgan fingerprint density at radius 2 is 1.62 bits per heavy atom. The van der Waals surface area contributed by atoms with E-state index in [9.17, 15) is 4.79 Å². The van der Waals surface area contributed by atoms with Crippen molar-refractivity contribution in [2.24, 2.45) is 5.92 Å². The number of Topliss-reactive ketones (excluding diaryl/α,β-unsaturated/α-hetero) is 1. The maximum Gasteiger partial charge on any atom is 0.183 e. The third-order valence-electron chi connectivity index (χ3n) is 5.47. The Bertz CT molecular complexity index is 1020. The normalized spacial score (nSPS) is 14.9. The van der Waals surface area contributed by atoms with Crippen LogP contribution in [0.1, 0.15) is 49.0 Å². The quantitative estimate of drug-likeness (QED) is 0.376. The van der Waals surface area contributed by atoms with Crippen molar-refractivity contribution < 1.29 is 4.79 Å². The van der Waals surface area contributed by atoms with E-state index < -0.39 is 0 Å². The van der Waals surface area contributed by atoms with E-state index in [-0.39, 0.29) is 5.78 Å². The van der Waals surface area contributed by atoms with E-state index in [1.807, 2.05) is 36.4 Å². The molecule has 1 fully saturated rings. The highest BCUT2D eigenvalue weighted by Crippen LogP contribution is 2.32. The molecule has 150 valence electrons. The molecule has 4 rings (SSSR count). The van der Waals surface area contributed by atoms with E-state index in [4.69, 9.17) is 34.8 Å². The standard InChI is InChI=1S/C23H21Cl3N2O/c24-17-8-6-16(7-9-17)22-14-20(23(29)12-15-4-2-1-3-5-15)27-28(22)21-11-10-18(25)13-19(21)26/h6-11,13-15H,1-5,12H2. The van der Waals surface area contributed by atoms with Crippen LogP contribution in [0.25, 0.3) is 16.9 Å². The molecule has 0 radical (unpaired) electrons. The Morgan fingerprint density at radius 3 is 2.31 bits per heavy atom. The van der Waals surface area contributed by atoms with Crippen LogP contribution in [0.3, 0.4) is 0 Å². The van der Waals surface area contributed by atoms with Crippen molar-refractivity contribution in [2.75, 3.05) is 0 Å². The van der Waals surface area contributed by atoms with Crippen molar-refractivity contribution in [3.63, 3.8) is 0 Å². The molecule has 2 aromatic carbocycles. The molecule has 1 aromatic heterocycles. The Morgan fingerprint density at radius 1 is 0.931 bits per heavy atom. The second-order valence-corrected chi connectivity index (χ2v) is 8.84. The highest BCUT2D eigenvalue weighted by Gasteiger charge is 2.22. The van der Waals surface area contributed by atoms with Gasteiger partial charge in [-0.25, -0.2) is 4.68 Å². The van der Waals surface area contributed by atoms with Crippen LogP contribution >= 0.6 is 34.8 Å². The minimum absolute atomic E-state index is 0.0796. The summed E-state index contributed by atoms with van der Waals surface area (Å²) in [4.78, 5) is 13.0. The zero-order chi connectivity index (χ0) is 20.4. The molecule has 3 aromatic rings. The van der Waals surface area contributed by atoms with Gasteiger partial charge < -0.3 is 0 Å². The highest BCUT2D eigenvalue weighted by molar-refractivity contribution is 6.35. The van der Waals surface area contributed by atoms with Gasteiger partial charge in [0.05, 0.1) is 16.4 Å². The molecule has 0 unspecified atom stereocenters. The summed E-state index contributed by atoms with van der Waals surface area (Å²) in [5.41, 5.74) is 2.84. The first-order chi connectivity index (χ1) is 14.0. The number of aromatic nitrogens is 2. The van der Waals surface area contributed by atoms with E-state index in [0.29, 0.717) is 38.8 Å². The molecular weight excluding hydrogens is 427 g/mol. The van der Waals surface area contributed by atoms with E-state index in [1.54, 1.807) is 16.8 Å². The van der Waals surface area contributed by atoms with Crippen LogP contribution in [0.15, 0.2) is 48.5 Å². The van der Waals surface area contributed by atoms with Gasteiger partial charge in [0, 0.05) is 22.0 Å². The fourth-order valence-electron chi connectivity index (χ4n) is 3.94. The Balaban J connectivity index is 1.73. The van der Waals surface area contributed by atoms with Gasteiger partial charge in [0.15, 0.2) is 5.78 Å². The van der Waals surface area contributed by atoms with Crippen molar-refractivity contribution in [3.8, 4) is 16.9 Å². The fraction of sp³-hybridized carbons (Fsp3) is 0.304. The molecule has 0 N–H and O–H groups in total. The molecule has 29 heavy (non-hydrogen) atoms. The first kappa shape index (κ1) is 20.5. The van der Waals surface area contributed by atoms with Crippen LogP contribution in [-0.4, -0.2) is 15.6 Å². The summed E-state index contributed by atoms with van der Waals surface area (Å²) in [7, 11) is 0. The maximum atomic E-state index is 13.0. The largest absolute Gasteiger partial charge is 0.292 e. The Labute approximate surface area is 185 Å². The van der Waals surface area contributed by atoms with Gasteiger partial charge in [-0.1, -0.05) is 79.0 Å². The fourth-order valence-corrected chi connectivity index (χ4v) is 4.55. The van der Waals surface area contributed by atoms with Gasteiger partial charge in [-0.15, -0.1) is 0 Å². The average molecular weight is 448 g/mol. The van der Waals surface area contributed by atoms with Gasteiger partial charge in [-0.2, -0.15) is 5.10 Å². The van der Waals surface area contributed by atoms with Gasteiger partial charge >= 0.3 is 0 Å². The van der Waals surface area contributed by atoms with E-state index in [1.165, 1.54) is 19.3 Å². The molecular formula is C23H21Cl3N2O. The summed E-state index contributed by atoms with van der Waals surface area (Å²) < 4.78 is 1.72. The predicted octanol–water partition coefficient (Wildman–Crippen LogP) is 7.65. The van der Waals surface area contributed by atoms with Gasteiger partial charge in [0.1, 0.15) is 5.69 Å². The molecule has 3 nitrogen and oxygen atoms in total. The third kappa shape index (κ3) is 4.69. The molecule has 0 spiro atoms. The summed E-state index contributed by atoms with van der Waals surface area (Å²) in [6.45, 7) is 0. The topological polar surface area (TPSA) is 34.9 Å². The number of carbonyl (C=O) groups excluding carboxylic acids is 1. The van der Waals surface area contributed by atoms with Crippen molar-refractivity contribution >= 4 is 40.6 Å². The number of ketones is 1. The molecule has 1 aliphatic rings. The second-order valence-electron chi connectivity index (χ2n) is 7.56. The summed E-state index contributed by atoms with van der Waals surface area (Å²) >= 11 is 18.6. The molecule has 6 heteroatoms. The minimum Gasteiger partial charge on any atom is -0.292 e. The molecule has 0 amide bonds. The first-order valence-electron chi connectivity index (χ1n) is 9.86. The lowest BCUT2D eigenvalue weighted by Gasteiger charge is -2.20. The minimum atomic E-state index is 0.0796. The maximum absolute atomic E-state index is 13.0. The number of hydrogen-bond acceptors (Lipinski definition) is 2. The number of halogens is 3. The summed E-state index contributed by atoms with van der Waals surface area (Å²) in [5, 5.41) is 6.32. The number of nitrogens with zero attached hydrogens (tertiary/aromatic N) is 2. The summed E-state index contributed by atoms with van der Waals surface area (Å²) in [6, 6.07) is 14.6. The average Bonchev–Trinajstić information content (AvgIpc) is 3.14. The van der Waals surface area contributed by atoms with Crippen LogP contribution in [0.2, 0.25) is 15.1 Å². The molecule has 0 aliphatic heterocycles. The molecule has 0 atom stereocenters. The summed E-state index contributed by atoms with van der Waals surface area (Å²) in [5.74, 6) is 0.537. The molecule has 0 bridgehead atoms. The van der Waals surface area contributed by atoms with Crippen LogP contribution in [-0.2, 0) is 0 Å².